The third-order valence-electron chi connectivity index (χ3n) is 0.814. The highest BCUT2D eigenvalue weighted by molar-refractivity contribution is 14.1. The maximum Gasteiger partial charge on any atom is 0.407 e. The van der Waals surface area contributed by atoms with Crippen molar-refractivity contribution in [1.29, 1.82) is 10.5 Å². The first-order chi connectivity index (χ1) is 4.22. The zero-order valence-corrected chi connectivity index (χ0v) is 7.16. The van der Waals surface area contributed by atoms with Gasteiger partial charge >= 0.3 is 12.1 Å². The molecule has 0 aliphatic heterocycles. The molecule has 6 heteroatoms. The maximum absolute atomic E-state index is 8.32. The molecule has 0 bridgehead atoms. The minimum Gasteiger partial charge on any atom is -0.354 e. The van der Waals surface area contributed by atoms with Crippen LogP contribution in [0.2, 0.25) is 0 Å². The summed E-state index contributed by atoms with van der Waals surface area (Å²) in [6, 6.07) is 0. The van der Waals surface area contributed by atoms with Crippen molar-refractivity contribution in [2.75, 3.05) is 7.05 Å². The van der Waals surface area contributed by atoms with E-state index in [0.717, 1.165) is 0 Å². The van der Waals surface area contributed by atoms with Gasteiger partial charge in [0, 0.05) is 11.9 Å². The smallest absolute Gasteiger partial charge is 0.354 e. The van der Waals surface area contributed by atoms with Crippen molar-refractivity contribution >= 4 is 34.5 Å². The molecule has 0 aliphatic carbocycles. The maximum atomic E-state index is 8.32. The summed E-state index contributed by atoms with van der Waals surface area (Å²) < 4.78 is 1.47. The quantitative estimate of drug-likeness (QED) is 0.485. The Kier molecular flexibility index (Phi) is 4.55. The fourth-order valence-electron chi connectivity index (χ4n) is 0.290. The molecule has 0 spiro atoms. The Balaban J connectivity index is 3.65. The van der Waals surface area contributed by atoms with Gasteiger partial charge < -0.3 is 4.72 Å². The Morgan fingerprint density at radius 1 is 1.67 bits per heavy atom. The Bertz CT molecular complexity index is 159. The van der Waals surface area contributed by atoms with Gasteiger partial charge in [0.15, 0.2) is 0 Å². The van der Waals surface area contributed by atoms with Crippen LogP contribution in [0.4, 0.5) is 0 Å². The number of hydrogen-bond acceptors (Lipinski definition) is 3. The van der Waals surface area contributed by atoms with E-state index in [0.29, 0.717) is 7.41 Å². The van der Waals surface area contributed by atoms with Gasteiger partial charge in [0.2, 0.25) is 0 Å². The second-order valence-electron chi connectivity index (χ2n) is 1.54. The van der Waals surface area contributed by atoms with Gasteiger partial charge in [0.05, 0.1) is 0 Å². The lowest BCUT2D eigenvalue weighted by Crippen LogP contribution is -2.32. The number of hydrogen-bond donors (Lipinski definition) is 0. The summed E-state index contributed by atoms with van der Waals surface area (Å²) in [5, 5.41) is 16.5. The molecule has 44 valence electrons. The molecule has 0 aromatic rings. The Morgan fingerprint density at radius 2 is 2.22 bits per heavy atom. The molecule has 0 atom stereocenters. The van der Waals surface area contributed by atoms with E-state index in [9.17, 15) is 0 Å². The van der Waals surface area contributed by atoms with Gasteiger partial charge in [-0.3, -0.25) is 0 Å². The number of nitriles is 2. The van der Waals surface area contributed by atoms with Crippen molar-refractivity contribution in [3.8, 4) is 11.9 Å². The summed E-state index contributed by atoms with van der Waals surface area (Å²) >= 11 is 1.97. The van der Waals surface area contributed by atoms with Crippen LogP contribution in [-0.4, -0.2) is 23.9 Å². The van der Waals surface area contributed by atoms with Gasteiger partial charge in [-0.15, -0.1) is 22.4 Å². The number of halogens is 1. The second kappa shape index (κ2) is 4.66. The van der Waals surface area contributed by atoms with Crippen LogP contribution < -0.4 is 0 Å². The Morgan fingerprint density at radius 3 is 2.56 bits per heavy atom. The van der Waals surface area contributed by atoms with E-state index >= 15 is 0 Å². The fourth-order valence-corrected chi connectivity index (χ4v) is 0.487. The average molecular weight is 231 g/mol. The molecule has 0 heterocycles. The number of rotatable bonds is 2. The Labute approximate surface area is 68.9 Å². The molecule has 0 aliphatic rings. The van der Waals surface area contributed by atoms with Gasteiger partial charge in [0.25, 0.3) is 0 Å². The molecule has 9 heavy (non-hydrogen) atoms. The van der Waals surface area contributed by atoms with Crippen LogP contribution in [0.3, 0.4) is 0 Å². The van der Waals surface area contributed by atoms with Crippen LogP contribution in [0.5, 0.6) is 0 Å². The first-order valence-electron chi connectivity index (χ1n) is 2.33. The monoisotopic (exact) mass is 231 g/mol. The van der Waals surface area contributed by atoms with Crippen LogP contribution in [0, 0.1) is 22.5 Å². The molecule has 0 saturated carbocycles. The van der Waals surface area contributed by atoms with E-state index in [2.05, 4.69) is 0 Å². The summed E-state index contributed by atoms with van der Waals surface area (Å²) in [6.07, 6.45) is 0. The van der Waals surface area contributed by atoms with Gasteiger partial charge in [-0.25, -0.2) is 10.5 Å². The van der Waals surface area contributed by atoms with Crippen molar-refractivity contribution in [3.05, 3.63) is 0 Å². The third-order valence-corrected chi connectivity index (χ3v) is 2.04. The summed E-state index contributed by atoms with van der Waals surface area (Å²) in [6.45, 7) is 0. The van der Waals surface area contributed by atoms with Crippen molar-refractivity contribution in [3.63, 3.8) is 0 Å². The molecule has 0 saturated heterocycles. The minimum atomic E-state index is -0.192. The van der Waals surface area contributed by atoms with Crippen molar-refractivity contribution < 1.29 is 0 Å². The second-order valence-corrected chi connectivity index (χ2v) is 2.72. The molecular formula is C3H4B2IN3. The first kappa shape index (κ1) is 8.80. The summed E-state index contributed by atoms with van der Waals surface area (Å²) in [5.41, 5.74) is 0. The van der Waals surface area contributed by atoms with E-state index in [1.165, 1.54) is 0 Å². The molecular weight excluding hydrogens is 227 g/mol. The minimum absolute atomic E-state index is 0.192. The predicted molar refractivity (Wildman–Crippen MR) is 45.9 cm³/mol. The van der Waals surface area contributed by atoms with Crippen LogP contribution in [0.25, 0.3) is 0 Å². The molecule has 0 aromatic heterocycles. The lowest BCUT2D eigenvalue weighted by atomic mass is 9.81. The van der Waals surface area contributed by atoms with E-state index in [-0.39, 0.29) is 4.70 Å². The van der Waals surface area contributed by atoms with Crippen LogP contribution in [-0.2, 0) is 0 Å². The molecule has 0 amide bonds. The highest BCUT2D eigenvalue weighted by Crippen LogP contribution is 1.95. The first-order valence-corrected chi connectivity index (χ1v) is 3.57. The molecule has 0 aromatic carbocycles. The average Bonchev–Trinajstić information content (AvgIpc) is 1.87. The zero-order chi connectivity index (χ0) is 7.28. The normalized spacial score (nSPS) is 7.67. The zero-order valence-electron chi connectivity index (χ0n) is 5.00. The molecule has 0 rings (SSSR count). The Hall–Kier alpha value is -0.200. The van der Waals surface area contributed by atoms with Crippen molar-refractivity contribution in [2.45, 2.75) is 0 Å². The predicted octanol–water partition coefficient (Wildman–Crippen LogP) is -0.263. The van der Waals surface area contributed by atoms with Crippen molar-refractivity contribution in [2.24, 2.45) is 0 Å². The lowest BCUT2D eigenvalue weighted by Gasteiger charge is -2.07. The van der Waals surface area contributed by atoms with Crippen LogP contribution in [0.1, 0.15) is 0 Å². The van der Waals surface area contributed by atoms with Crippen LogP contribution in [0.15, 0.2) is 0 Å². The van der Waals surface area contributed by atoms with Crippen LogP contribution >= 0.6 is 22.4 Å². The molecule has 0 fully saturated rings. The summed E-state index contributed by atoms with van der Waals surface area (Å²) in [5.74, 6) is 3.96. The van der Waals surface area contributed by atoms with Gasteiger partial charge in [-0.1, -0.05) is 0 Å². The largest absolute Gasteiger partial charge is 0.407 e. The van der Waals surface area contributed by atoms with E-state index in [4.69, 9.17) is 10.5 Å². The van der Waals surface area contributed by atoms with E-state index in [1.807, 2.05) is 34.3 Å². The van der Waals surface area contributed by atoms with Gasteiger partial charge in [-0.05, 0) is 7.05 Å². The molecule has 0 unspecified atom stereocenters. The summed E-state index contributed by atoms with van der Waals surface area (Å²) in [7, 11) is 2.05. The highest BCUT2D eigenvalue weighted by Gasteiger charge is 2.15. The SMILES string of the molecule is CN(BC#N)B(I)C#N. The molecule has 0 N–H and O–H groups in total. The molecule has 3 nitrogen and oxygen atoms in total. The van der Waals surface area contributed by atoms with Crippen molar-refractivity contribution in [1.82, 2.24) is 4.72 Å². The van der Waals surface area contributed by atoms with E-state index in [1.54, 1.807) is 11.8 Å². The van der Waals surface area contributed by atoms with Gasteiger partial charge in [0.1, 0.15) is 0 Å². The highest BCUT2D eigenvalue weighted by atomic mass is 127. The summed E-state index contributed by atoms with van der Waals surface area (Å²) in [4.78, 5) is 0. The fraction of sp³-hybridized carbons (Fsp3) is 0.333. The topological polar surface area (TPSA) is 50.8 Å². The van der Waals surface area contributed by atoms with Gasteiger partial charge in [-0.2, -0.15) is 0 Å². The molecule has 0 radical (unpaired) electrons. The lowest BCUT2D eigenvalue weighted by molar-refractivity contribution is 0.863. The van der Waals surface area contributed by atoms with E-state index < -0.39 is 0 Å². The standard InChI is InChI=1S/C3H4B2IN3/c1-9(4-2-7)5(6)3-8/h4H,1H3. The number of nitrogens with zero attached hydrogens (tertiary/aromatic N) is 3. The third kappa shape index (κ3) is 3.39.